The summed E-state index contributed by atoms with van der Waals surface area (Å²) in [6.07, 6.45) is -0.725. The summed E-state index contributed by atoms with van der Waals surface area (Å²) in [7, 11) is 0. The highest BCUT2D eigenvalue weighted by Gasteiger charge is 2.33. The van der Waals surface area contributed by atoms with Crippen LogP contribution in [0.3, 0.4) is 0 Å². The topological polar surface area (TPSA) is 60.5 Å². The smallest absolute Gasteiger partial charge is 0.474 e. The number of rotatable bonds is 5. The number of nitrogens with one attached hydrogen (secondary N) is 1. The summed E-state index contributed by atoms with van der Waals surface area (Å²) in [5, 5.41) is 3.30. The number of carbonyl (C=O) groups excluding carboxylic acids is 1. The van der Waals surface area contributed by atoms with Crippen molar-refractivity contribution in [2.24, 2.45) is 0 Å². The van der Waals surface area contributed by atoms with Gasteiger partial charge in [0, 0.05) is 18.3 Å². The maximum Gasteiger partial charge on any atom is 0.573 e. The highest BCUT2D eigenvalue weighted by Crippen LogP contribution is 2.27. The summed E-state index contributed by atoms with van der Waals surface area (Å²) in [6, 6.07) is 8.52. The lowest BCUT2D eigenvalue weighted by molar-refractivity contribution is -0.274. The fraction of sp³-hybridized carbons (Fsp3) is 0.368. The summed E-state index contributed by atoms with van der Waals surface area (Å²) in [6.45, 7) is 0. The monoisotopic (exact) mass is 414 g/mol. The van der Waals surface area contributed by atoms with E-state index in [0.717, 1.165) is 6.07 Å². The van der Waals surface area contributed by atoms with Crippen LogP contribution in [0.2, 0.25) is 5.02 Å². The van der Waals surface area contributed by atoms with Crippen LogP contribution in [-0.4, -0.2) is 29.4 Å². The summed E-state index contributed by atoms with van der Waals surface area (Å²) >= 11 is 5.79. The van der Waals surface area contributed by atoms with E-state index in [1.54, 1.807) is 12.1 Å². The number of amides is 1. The summed E-state index contributed by atoms with van der Waals surface area (Å²) in [4.78, 5) is 16.5. The lowest BCUT2D eigenvalue weighted by Crippen LogP contribution is -2.40. The van der Waals surface area contributed by atoms with Crippen LogP contribution in [0.4, 0.5) is 13.2 Å². The predicted octanol–water partition coefficient (Wildman–Crippen LogP) is 4.75. The van der Waals surface area contributed by atoms with Gasteiger partial charge in [-0.15, -0.1) is 13.2 Å². The molecule has 150 valence electrons. The second-order valence-electron chi connectivity index (χ2n) is 6.42. The molecular weight excluding hydrogens is 397 g/mol. The lowest BCUT2D eigenvalue weighted by Gasteiger charge is -2.29. The predicted molar refractivity (Wildman–Crippen MR) is 96.5 cm³/mol. The van der Waals surface area contributed by atoms with Crippen molar-refractivity contribution in [2.75, 3.05) is 0 Å². The van der Waals surface area contributed by atoms with Gasteiger partial charge >= 0.3 is 6.36 Å². The van der Waals surface area contributed by atoms with Gasteiger partial charge in [0.15, 0.2) is 0 Å². The summed E-state index contributed by atoms with van der Waals surface area (Å²) < 4.78 is 47.3. The van der Waals surface area contributed by atoms with Crippen LogP contribution in [0, 0.1) is 0 Å². The molecule has 1 N–H and O–H groups in total. The molecule has 1 aliphatic carbocycles. The standard InChI is InChI=1S/C19H18ClF3N2O3/c20-12-5-10-17(24-11-12)27-14-8-6-13(7-9-14)25-18(26)15-3-1-2-4-16(15)28-19(21,22)23/h1-5,10-11,13-14H,6-9H2,(H,25,26). The van der Waals surface area contributed by atoms with Crippen LogP contribution in [0.15, 0.2) is 42.6 Å². The van der Waals surface area contributed by atoms with Gasteiger partial charge in [-0.1, -0.05) is 23.7 Å². The zero-order chi connectivity index (χ0) is 20.1. The fourth-order valence-electron chi connectivity index (χ4n) is 3.06. The van der Waals surface area contributed by atoms with E-state index in [1.165, 1.54) is 24.4 Å². The number of alkyl halides is 3. The van der Waals surface area contributed by atoms with E-state index < -0.39 is 18.0 Å². The maximum absolute atomic E-state index is 12.5. The third kappa shape index (κ3) is 5.76. The van der Waals surface area contributed by atoms with Gasteiger partial charge in [-0.2, -0.15) is 0 Å². The molecule has 1 aromatic heterocycles. The van der Waals surface area contributed by atoms with Gasteiger partial charge in [-0.3, -0.25) is 4.79 Å². The molecule has 0 bridgehead atoms. The van der Waals surface area contributed by atoms with Crippen molar-refractivity contribution in [1.82, 2.24) is 10.3 Å². The summed E-state index contributed by atoms with van der Waals surface area (Å²) in [5.74, 6) is -0.628. The van der Waals surface area contributed by atoms with Gasteiger partial charge in [-0.25, -0.2) is 4.98 Å². The first-order valence-corrected chi connectivity index (χ1v) is 9.12. The Hall–Kier alpha value is -2.48. The van der Waals surface area contributed by atoms with E-state index in [0.29, 0.717) is 36.6 Å². The van der Waals surface area contributed by atoms with E-state index in [9.17, 15) is 18.0 Å². The number of hydrogen-bond acceptors (Lipinski definition) is 4. The highest BCUT2D eigenvalue weighted by molar-refractivity contribution is 6.30. The third-order valence-electron chi connectivity index (χ3n) is 4.35. The third-order valence-corrected chi connectivity index (χ3v) is 4.58. The van der Waals surface area contributed by atoms with Crippen LogP contribution < -0.4 is 14.8 Å². The first kappa shape index (κ1) is 20.3. The molecule has 1 fully saturated rings. The van der Waals surface area contributed by atoms with Crippen LogP contribution in [0.1, 0.15) is 36.0 Å². The van der Waals surface area contributed by atoms with E-state index in [4.69, 9.17) is 16.3 Å². The molecule has 0 aliphatic heterocycles. The molecule has 2 aromatic rings. The second kappa shape index (κ2) is 8.68. The Bertz CT molecular complexity index is 807. The molecule has 1 aromatic carbocycles. The van der Waals surface area contributed by atoms with Crippen molar-refractivity contribution < 1.29 is 27.4 Å². The average molecular weight is 415 g/mol. The molecule has 1 aliphatic rings. The van der Waals surface area contributed by atoms with Crippen molar-refractivity contribution >= 4 is 17.5 Å². The van der Waals surface area contributed by atoms with E-state index in [-0.39, 0.29) is 17.7 Å². The quantitative estimate of drug-likeness (QED) is 0.766. The molecule has 1 saturated carbocycles. The maximum atomic E-state index is 12.5. The van der Waals surface area contributed by atoms with Gasteiger partial charge < -0.3 is 14.8 Å². The van der Waals surface area contributed by atoms with Crippen LogP contribution in [-0.2, 0) is 0 Å². The largest absolute Gasteiger partial charge is 0.573 e. The van der Waals surface area contributed by atoms with Crippen LogP contribution in [0.5, 0.6) is 11.6 Å². The molecular formula is C19H18ClF3N2O3. The van der Waals surface area contributed by atoms with Crippen molar-refractivity contribution in [1.29, 1.82) is 0 Å². The van der Waals surface area contributed by atoms with Crippen molar-refractivity contribution in [3.8, 4) is 11.6 Å². The average Bonchev–Trinajstić information content (AvgIpc) is 2.64. The number of nitrogens with zero attached hydrogens (tertiary/aromatic N) is 1. The first-order valence-electron chi connectivity index (χ1n) is 8.74. The Morgan fingerprint density at radius 1 is 1.11 bits per heavy atom. The SMILES string of the molecule is O=C(NC1CCC(Oc2ccc(Cl)cn2)CC1)c1ccccc1OC(F)(F)F. The van der Waals surface area contributed by atoms with Crippen molar-refractivity contribution in [3.63, 3.8) is 0 Å². The minimum atomic E-state index is -4.86. The molecule has 3 rings (SSSR count). The normalized spacial score (nSPS) is 19.7. The number of carbonyl (C=O) groups is 1. The van der Waals surface area contributed by atoms with E-state index in [2.05, 4.69) is 15.0 Å². The number of benzene rings is 1. The minimum Gasteiger partial charge on any atom is -0.474 e. The number of halogens is 4. The Morgan fingerprint density at radius 2 is 1.82 bits per heavy atom. The Kier molecular flexibility index (Phi) is 6.28. The van der Waals surface area contributed by atoms with Crippen molar-refractivity contribution in [2.45, 2.75) is 44.2 Å². The number of aromatic nitrogens is 1. The fourth-order valence-corrected chi connectivity index (χ4v) is 3.17. The van der Waals surface area contributed by atoms with Gasteiger partial charge in [-0.05, 0) is 43.9 Å². The second-order valence-corrected chi connectivity index (χ2v) is 6.86. The van der Waals surface area contributed by atoms with E-state index >= 15 is 0 Å². The molecule has 0 saturated heterocycles. The zero-order valence-corrected chi connectivity index (χ0v) is 15.5. The van der Waals surface area contributed by atoms with Gasteiger partial charge in [0.25, 0.3) is 5.91 Å². The zero-order valence-electron chi connectivity index (χ0n) is 14.7. The number of hydrogen-bond donors (Lipinski definition) is 1. The van der Waals surface area contributed by atoms with Gasteiger partial charge in [0.1, 0.15) is 11.9 Å². The molecule has 1 amide bonds. The highest BCUT2D eigenvalue weighted by atomic mass is 35.5. The minimum absolute atomic E-state index is 0.0392. The molecule has 28 heavy (non-hydrogen) atoms. The summed E-state index contributed by atoms with van der Waals surface area (Å²) in [5.41, 5.74) is -0.149. The Morgan fingerprint density at radius 3 is 2.46 bits per heavy atom. The number of para-hydroxylation sites is 1. The first-order chi connectivity index (χ1) is 13.3. The molecule has 0 radical (unpaired) electrons. The van der Waals surface area contributed by atoms with Gasteiger partial charge in [0.05, 0.1) is 10.6 Å². The number of ether oxygens (including phenoxy) is 2. The Balaban J connectivity index is 1.53. The van der Waals surface area contributed by atoms with Gasteiger partial charge in [0.2, 0.25) is 5.88 Å². The molecule has 0 unspecified atom stereocenters. The molecule has 5 nitrogen and oxygen atoms in total. The Labute approximate surface area is 164 Å². The number of pyridine rings is 1. The van der Waals surface area contributed by atoms with Crippen LogP contribution in [0.25, 0.3) is 0 Å². The van der Waals surface area contributed by atoms with E-state index in [1.807, 2.05) is 0 Å². The van der Waals surface area contributed by atoms with Crippen molar-refractivity contribution in [3.05, 3.63) is 53.2 Å². The molecule has 0 spiro atoms. The molecule has 0 atom stereocenters. The molecule has 9 heteroatoms. The van der Waals surface area contributed by atoms with Crippen LogP contribution >= 0.6 is 11.6 Å². The lowest BCUT2D eigenvalue weighted by atomic mass is 9.92. The molecule has 1 heterocycles.